The highest BCUT2D eigenvalue weighted by molar-refractivity contribution is 6.35. The number of nitrogens with zero attached hydrogens (tertiary/aromatic N) is 2. The van der Waals surface area contributed by atoms with E-state index in [1.54, 1.807) is 24.5 Å². The van der Waals surface area contributed by atoms with Crippen LogP contribution in [0, 0.1) is 29.6 Å². The van der Waals surface area contributed by atoms with E-state index in [2.05, 4.69) is 22.0 Å². The number of halogens is 2. The molecule has 5 heteroatoms. The fourth-order valence-corrected chi connectivity index (χ4v) is 3.18. The minimum Gasteiger partial charge on any atom is -0.348 e. The van der Waals surface area contributed by atoms with Crippen LogP contribution in [0.4, 0.5) is 0 Å². The smallest absolute Gasteiger partial charge is 0.114 e. The number of benzene rings is 1. The Bertz CT molecular complexity index is 711. The predicted molar refractivity (Wildman–Crippen MR) is 93.3 cm³/mol. The maximum atomic E-state index is 9.66. The van der Waals surface area contributed by atoms with Gasteiger partial charge in [-0.25, -0.2) is 4.98 Å². The molecule has 2 unspecified atom stereocenters. The second kappa shape index (κ2) is 8.63. The van der Waals surface area contributed by atoms with E-state index < -0.39 is 0 Å². The van der Waals surface area contributed by atoms with Gasteiger partial charge in [0.05, 0.1) is 17.9 Å². The first-order valence-electron chi connectivity index (χ1n) is 7.44. The van der Waals surface area contributed by atoms with Gasteiger partial charge in [-0.05, 0) is 30.5 Å². The normalized spacial score (nSPS) is 13.0. The molecular weight excluding hydrogens is 329 g/mol. The van der Waals surface area contributed by atoms with E-state index in [0.717, 1.165) is 37.1 Å². The van der Waals surface area contributed by atoms with E-state index in [4.69, 9.17) is 29.6 Å². The highest BCUT2D eigenvalue weighted by Gasteiger charge is 2.28. The molecule has 0 spiro atoms. The number of hydrogen-bond acceptors (Lipinski definition) is 2. The molecule has 2 atom stereocenters. The van der Waals surface area contributed by atoms with Gasteiger partial charge in [0, 0.05) is 28.9 Å². The molecule has 3 nitrogen and oxygen atoms in total. The van der Waals surface area contributed by atoms with Crippen LogP contribution in [-0.2, 0) is 0 Å². The summed E-state index contributed by atoms with van der Waals surface area (Å²) < 4.78 is 0. The summed E-state index contributed by atoms with van der Waals surface area (Å²) in [5, 5.41) is 10.8. The molecule has 2 aromatic rings. The Morgan fingerprint density at radius 2 is 2.13 bits per heavy atom. The average Bonchev–Trinajstić information content (AvgIpc) is 3.05. The number of nitrogens with one attached hydrogen (secondary N) is 1. The van der Waals surface area contributed by atoms with E-state index in [-0.39, 0.29) is 11.8 Å². The maximum absolute atomic E-state index is 9.66. The molecule has 0 aliphatic heterocycles. The van der Waals surface area contributed by atoms with Gasteiger partial charge in [0.25, 0.3) is 0 Å². The SMILES string of the molecule is C#CCCCCC(C#N)C(c1ncc[nH]1)c1ccc(Cl)cc1Cl. The molecule has 1 heterocycles. The fourth-order valence-electron chi connectivity index (χ4n) is 2.65. The van der Waals surface area contributed by atoms with Crippen molar-refractivity contribution in [1.82, 2.24) is 9.97 Å². The molecule has 2 rings (SSSR count). The quantitative estimate of drug-likeness (QED) is 0.555. The summed E-state index contributed by atoms with van der Waals surface area (Å²) in [4.78, 5) is 7.45. The Morgan fingerprint density at radius 3 is 2.74 bits per heavy atom. The van der Waals surface area contributed by atoms with Gasteiger partial charge in [0.2, 0.25) is 0 Å². The van der Waals surface area contributed by atoms with Crippen LogP contribution in [0.1, 0.15) is 43.0 Å². The van der Waals surface area contributed by atoms with Crippen molar-refractivity contribution in [3.8, 4) is 18.4 Å². The zero-order valence-corrected chi connectivity index (χ0v) is 14.1. The lowest BCUT2D eigenvalue weighted by atomic mass is 9.83. The fraction of sp³-hybridized carbons (Fsp3) is 0.333. The molecule has 0 amide bonds. The lowest BCUT2D eigenvalue weighted by Gasteiger charge is -2.22. The first-order valence-corrected chi connectivity index (χ1v) is 8.20. The molecule has 118 valence electrons. The van der Waals surface area contributed by atoms with E-state index in [1.807, 2.05) is 6.07 Å². The lowest BCUT2D eigenvalue weighted by molar-refractivity contribution is 0.494. The minimum absolute atomic E-state index is 0.217. The topological polar surface area (TPSA) is 52.5 Å². The number of aromatic amines is 1. The van der Waals surface area contributed by atoms with Crippen LogP contribution < -0.4 is 0 Å². The Balaban J connectivity index is 2.30. The predicted octanol–water partition coefficient (Wildman–Crippen LogP) is 5.18. The monoisotopic (exact) mass is 345 g/mol. The zero-order chi connectivity index (χ0) is 16.7. The van der Waals surface area contributed by atoms with Gasteiger partial charge in [-0.3, -0.25) is 0 Å². The van der Waals surface area contributed by atoms with Gasteiger partial charge in [-0.15, -0.1) is 12.3 Å². The van der Waals surface area contributed by atoms with Gasteiger partial charge < -0.3 is 4.98 Å². The molecule has 0 fully saturated rings. The number of unbranched alkanes of at least 4 members (excludes halogenated alkanes) is 2. The Morgan fingerprint density at radius 1 is 1.30 bits per heavy atom. The van der Waals surface area contributed by atoms with Gasteiger partial charge in [-0.2, -0.15) is 5.26 Å². The summed E-state index contributed by atoms with van der Waals surface area (Å²) in [6.07, 6.45) is 12.0. The summed E-state index contributed by atoms with van der Waals surface area (Å²) in [5.41, 5.74) is 0.856. The summed E-state index contributed by atoms with van der Waals surface area (Å²) >= 11 is 12.4. The van der Waals surface area contributed by atoms with Crippen molar-refractivity contribution in [2.75, 3.05) is 0 Å². The summed E-state index contributed by atoms with van der Waals surface area (Å²) in [6, 6.07) is 7.75. The van der Waals surface area contributed by atoms with Crippen molar-refractivity contribution in [2.45, 2.75) is 31.6 Å². The standard InChI is InChI=1S/C18H17Cl2N3/c1-2-3-4-5-6-13(12-21)17(18-22-9-10-23-18)15-8-7-14(19)11-16(15)20/h1,7-11,13,17H,3-6H2,(H,22,23). The van der Waals surface area contributed by atoms with Crippen LogP contribution >= 0.6 is 23.2 Å². The Labute approximate surface area is 146 Å². The van der Waals surface area contributed by atoms with Crippen molar-refractivity contribution in [3.63, 3.8) is 0 Å². The van der Waals surface area contributed by atoms with Gasteiger partial charge >= 0.3 is 0 Å². The van der Waals surface area contributed by atoms with Crippen LogP contribution in [0.25, 0.3) is 0 Å². The third kappa shape index (κ3) is 4.52. The van der Waals surface area contributed by atoms with Gasteiger partial charge in [0.1, 0.15) is 5.82 Å². The number of nitriles is 1. The van der Waals surface area contributed by atoms with Crippen LogP contribution in [0.5, 0.6) is 0 Å². The molecule has 0 radical (unpaired) electrons. The van der Waals surface area contributed by atoms with Crippen molar-refractivity contribution in [1.29, 1.82) is 5.26 Å². The number of imidazole rings is 1. The van der Waals surface area contributed by atoms with Crippen molar-refractivity contribution < 1.29 is 0 Å². The highest BCUT2D eigenvalue weighted by Crippen LogP contribution is 2.37. The van der Waals surface area contributed by atoms with Gasteiger partial charge in [0.15, 0.2) is 0 Å². The third-order valence-electron chi connectivity index (χ3n) is 3.77. The zero-order valence-electron chi connectivity index (χ0n) is 12.6. The number of rotatable bonds is 7. The minimum atomic E-state index is -0.238. The molecule has 0 aliphatic carbocycles. The third-order valence-corrected chi connectivity index (χ3v) is 4.33. The van der Waals surface area contributed by atoms with Crippen molar-refractivity contribution in [3.05, 3.63) is 52.0 Å². The van der Waals surface area contributed by atoms with E-state index in [1.165, 1.54) is 0 Å². The van der Waals surface area contributed by atoms with Crippen LogP contribution in [0.15, 0.2) is 30.6 Å². The molecule has 0 bridgehead atoms. The maximum Gasteiger partial charge on any atom is 0.114 e. The Hall–Kier alpha value is -1.94. The number of hydrogen-bond donors (Lipinski definition) is 1. The van der Waals surface area contributed by atoms with E-state index in [9.17, 15) is 5.26 Å². The molecular formula is C18H17Cl2N3. The number of aromatic nitrogens is 2. The molecule has 1 N–H and O–H groups in total. The largest absolute Gasteiger partial charge is 0.348 e. The second-order valence-corrected chi connectivity index (χ2v) is 6.15. The summed E-state index contributed by atoms with van der Waals surface area (Å²) in [5.74, 6) is 2.90. The number of H-pyrrole nitrogens is 1. The molecule has 1 aromatic carbocycles. The van der Waals surface area contributed by atoms with E-state index in [0.29, 0.717) is 10.0 Å². The molecule has 0 aliphatic rings. The summed E-state index contributed by atoms with van der Waals surface area (Å²) in [7, 11) is 0. The first-order chi connectivity index (χ1) is 11.2. The highest BCUT2D eigenvalue weighted by atomic mass is 35.5. The summed E-state index contributed by atoms with van der Waals surface area (Å²) in [6.45, 7) is 0. The number of terminal acetylenes is 1. The molecule has 23 heavy (non-hydrogen) atoms. The van der Waals surface area contributed by atoms with E-state index >= 15 is 0 Å². The average molecular weight is 346 g/mol. The second-order valence-electron chi connectivity index (χ2n) is 5.30. The Kier molecular flexibility index (Phi) is 6.53. The van der Waals surface area contributed by atoms with Crippen LogP contribution in [-0.4, -0.2) is 9.97 Å². The van der Waals surface area contributed by atoms with Crippen molar-refractivity contribution in [2.24, 2.45) is 5.92 Å². The molecule has 1 aromatic heterocycles. The molecule has 0 saturated carbocycles. The van der Waals surface area contributed by atoms with Gasteiger partial charge in [-0.1, -0.05) is 35.7 Å². The lowest BCUT2D eigenvalue weighted by Crippen LogP contribution is -2.15. The van der Waals surface area contributed by atoms with Crippen LogP contribution in [0.2, 0.25) is 10.0 Å². The first kappa shape index (κ1) is 17.4. The van der Waals surface area contributed by atoms with Crippen LogP contribution in [0.3, 0.4) is 0 Å². The molecule has 0 saturated heterocycles. The van der Waals surface area contributed by atoms with Crippen molar-refractivity contribution >= 4 is 23.2 Å².